The topological polar surface area (TPSA) is 48.8 Å². The van der Waals surface area contributed by atoms with Crippen LogP contribution < -0.4 is 9.30 Å². The summed E-state index contributed by atoms with van der Waals surface area (Å²) in [6.45, 7) is 16.8. The third-order valence-electron chi connectivity index (χ3n) is 8.93. The van der Waals surface area contributed by atoms with Gasteiger partial charge in [-0.3, -0.25) is 4.57 Å². The molecule has 0 spiro atoms. The van der Waals surface area contributed by atoms with Gasteiger partial charge < -0.3 is 18.9 Å². The van der Waals surface area contributed by atoms with Gasteiger partial charge in [-0.05, 0) is 88.5 Å². The minimum Gasteiger partial charge on any atom is -0.508 e. The molecule has 0 radical (unpaired) electrons. The van der Waals surface area contributed by atoms with Gasteiger partial charge in [-0.15, -0.1) is 23.6 Å². The van der Waals surface area contributed by atoms with Crippen molar-refractivity contribution in [3.05, 3.63) is 145 Å². The van der Waals surface area contributed by atoms with Crippen molar-refractivity contribution >= 4 is 32.8 Å². The van der Waals surface area contributed by atoms with Crippen molar-refractivity contribution in [2.45, 2.75) is 81.4 Å². The summed E-state index contributed by atoms with van der Waals surface area (Å²) in [4.78, 5) is 9.25. The van der Waals surface area contributed by atoms with E-state index in [1.165, 1.54) is 0 Å². The second-order valence-electron chi connectivity index (χ2n) is 17.4. The Hall–Kier alpha value is -5.06. The van der Waals surface area contributed by atoms with E-state index in [0.29, 0.717) is 50.9 Å². The Morgan fingerprint density at radius 3 is 2.02 bits per heavy atom. The van der Waals surface area contributed by atoms with E-state index in [1.807, 2.05) is 143 Å². The van der Waals surface area contributed by atoms with E-state index >= 15 is 0 Å². The predicted molar refractivity (Wildman–Crippen MR) is 227 cm³/mol. The van der Waals surface area contributed by atoms with Gasteiger partial charge in [-0.1, -0.05) is 134 Å². The Labute approximate surface area is 360 Å². The van der Waals surface area contributed by atoms with E-state index in [0.717, 1.165) is 27.3 Å². The molecule has 8 aromatic rings. The van der Waals surface area contributed by atoms with Crippen LogP contribution in [0.5, 0.6) is 11.5 Å². The smallest absolute Gasteiger partial charge is 0.268 e. The minimum absolute atomic E-state index is 0. The summed E-state index contributed by atoms with van der Waals surface area (Å²) >= 11 is 0. The molecule has 0 aliphatic carbocycles. The van der Waals surface area contributed by atoms with Gasteiger partial charge in [0.2, 0.25) is 0 Å². The zero-order valence-corrected chi connectivity index (χ0v) is 36.1. The molecule has 0 fully saturated rings. The van der Waals surface area contributed by atoms with Crippen molar-refractivity contribution in [3.8, 4) is 28.7 Å². The van der Waals surface area contributed by atoms with Crippen LogP contribution in [0.3, 0.4) is 0 Å². The van der Waals surface area contributed by atoms with E-state index < -0.39 is 35.4 Å². The number of imidazole rings is 1. The maximum atomic E-state index is 9.20. The van der Waals surface area contributed by atoms with E-state index in [1.54, 1.807) is 42.9 Å². The SMILES string of the molecule is [2H]C([2H])(c1cc(-[n+]2[c-]n(-c3[c-]c(Oc4[c-]c5c(cc4)c4ccccc4n5-c4cc(C([2H])([2H])C(C)(C)C)ccn4)cnc3)c3ccccc32)cc(C([2H])([2H])C(C)(C)C)c1)C(C)(C)C.[Pt]. The average molecular weight is 939 g/mol. The molecule has 4 heterocycles. The van der Waals surface area contributed by atoms with Crippen LogP contribution in [0.4, 0.5) is 0 Å². The number of para-hydroxylation sites is 3. The van der Waals surface area contributed by atoms with Gasteiger partial charge in [0.25, 0.3) is 6.33 Å². The first kappa shape index (κ1) is 33.0. The number of hydrogen-bond donors (Lipinski definition) is 0. The van der Waals surface area contributed by atoms with Crippen LogP contribution in [0.15, 0.2) is 110 Å². The number of hydrogen-bond acceptors (Lipinski definition) is 3. The van der Waals surface area contributed by atoms with E-state index in [4.69, 9.17) is 12.5 Å². The van der Waals surface area contributed by atoms with Crippen molar-refractivity contribution < 1.29 is 38.6 Å². The van der Waals surface area contributed by atoms with Gasteiger partial charge in [-0.25, -0.2) is 4.98 Å². The zero-order valence-electron chi connectivity index (χ0n) is 39.9. The number of ether oxygens (including phenoxy) is 1. The molecular weight excluding hydrogens is 882 g/mol. The molecule has 0 aliphatic heterocycles. The maximum Gasteiger partial charge on any atom is 0.268 e. The monoisotopic (exact) mass is 938 g/mol. The summed E-state index contributed by atoms with van der Waals surface area (Å²) in [7, 11) is 0. The molecule has 8 rings (SSSR count). The number of aromatic nitrogens is 5. The molecule has 7 heteroatoms. The summed E-state index contributed by atoms with van der Waals surface area (Å²) in [6.07, 6.45) is 3.16. The summed E-state index contributed by atoms with van der Waals surface area (Å²) in [5.74, 6) is 1.31. The molecule has 0 saturated heterocycles. The Kier molecular flexibility index (Phi) is 8.88. The number of nitrogens with zero attached hydrogens (tertiary/aromatic N) is 5. The summed E-state index contributed by atoms with van der Waals surface area (Å²) in [5.41, 5.74) is 3.37. The van der Waals surface area contributed by atoms with Gasteiger partial charge in [0.15, 0.2) is 0 Å². The Morgan fingerprint density at radius 2 is 1.32 bits per heavy atom. The molecule has 57 heavy (non-hydrogen) atoms. The van der Waals surface area contributed by atoms with Crippen molar-refractivity contribution in [1.82, 2.24) is 19.1 Å². The molecule has 0 aliphatic rings. The van der Waals surface area contributed by atoms with Gasteiger partial charge >= 0.3 is 0 Å². The first-order valence-corrected chi connectivity index (χ1v) is 19.0. The summed E-state index contributed by atoms with van der Waals surface area (Å²) in [5, 5.41) is 1.93. The Morgan fingerprint density at radius 1 is 0.667 bits per heavy atom. The first-order chi connectivity index (χ1) is 28.9. The van der Waals surface area contributed by atoms with E-state index in [9.17, 15) is 5.48 Å². The molecule has 0 bridgehead atoms. The minimum atomic E-state index is -1.79. The molecule has 294 valence electrons. The van der Waals surface area contributed by atoms with Crippen molar-refractivity contribution in [3.63, 3.8) is 0 Å². The third-order valence-corrected chi connectivity index (χ3v) is 8.93. The fourth-order valence-corrected chi connectivity index (χ4v) is 7.05. The van der Waals surface area contributed by atoms with E-state index in [2.05, 4.69) is 23.4 Å². The van der Waals surface area contributed by atoms with Gasteiger partial charge in [0.1, 0.15) is 5.82 Å². The fourth-order valence-electron chi connectivity index (χ4n) is 7.05. The second kappa shape index (κ2) is 15.4. The molecule has 4 aromatic heterocycles. The number of pyridine rings is 2. The molecule has 0 saturated carbocycles. The van der Waals surface area contributed by atoms with Crippen LogP contribution in [0, 0.1) is 34.7 Å². The summed E-state index contributed by atoms with van der Waals surface area (Å²) in [6, 6.07) is 35.2. The quantitative estimate of drug-likeness (QED) is 0.113. The van der Waals surface area contributed by atoms with Crippen molar-refractivity contribution in [2.24, 2.45) is 16.2 Å². The maximum absolute atomic E-state index is 9.20. The molecule has 0 atom stereocenters. The fraction of sp³-hybridized carbons (Fsp3) is 0.300. The van der Waals surface area contributed by atoms with Crippen LogP contribution in [-0.4, -0.2) is 19.1 Å². The number of rotatable bonds is 8. The Bertz CT molecular complexity index is 2960. The predicted octanol–water partition coefficient (Wildman–Crippen LogP) is 11.8. The standard InChI is InChI=1S/C50H51N5O.Pt/c1-48(2,3)28-34-20-21-52-47(25-34)55-43-15-11-10-14-41(43)42-19-18-39(27-46(42)55)56-40-26-38(31-51-32-40)54-33-53(44-16-12-13-17-45(44)54)37-23-35(29-49(4,5)6)22-36(24-37)30-50(7,8)9;/h10-25,31-32H,28-30H2,1-9H3;/q-2;/i28D2,29D2,30D2;. The van der Waals surface area contributed by atoms with Crippen LogP contribution in [0.1, 0.15) is 87.2 Å². The number of fused-ring (bicyclic) bond motifs is 4. The van der Waals surface area contributed by atoms with Gasteiger partial charge in [0.05, 0.1) is 16.7 Å². The normalized spacial score (nSPS) is 14.7. The molecule has 0 N–H and O–H groups in total. The molecular formula is C50H51N5OPt-2. The van der Waals surface area contributed by atoms with Crippen LogP contribution in [0.25, 0.3) is 50.0 Å². The third kappa shape index (κ3) is 8.92. The summed E-state index contributed by atoms with van der Waals surface area (Å²) < 4.78 is 66.8. The largest absolute Gasteiger partial charge is 0.508 e. The van der Waals surface area contributed by atoms with Crippen LogP contribution in [-0.2, 0) is 40.2 Å². The van der Waals surface area contributed by atoms with Gasteiger partial charge in [0, 0.05) is 52.5 Å². The second-order valence-corrected chi connectivity index (χ2v) is 17.4. The first-order valence-electron chi connectivity index (χ1n) is 22.0. The average Bonchev–Trinajstić information content (AvgIpc) is 3.76. The van der Waals surface area contributed by atoms with Crippen molar-refractivity contribution in [2.75, 3.05) is 0 Å². The molecule has 0 unspecified atom stereocenters. The van der Waals surface area contributed by atoms with Crippen LogP contribution in [0.2, 0.25) is 0 Å². The number of benzene rings is 4. The molecule has 0 amide bonds. The van der Waals surface area contributed by atoms with Crippen LogP contribution >= 0.6 is 0 Å². The van der Waals surface area contributed by atoms with Crippen molar-refractivity contribution in [1.29, 1.82) is 0 Å². The van der Waals surface area contributed by atoms with Gasteiger partial charge in [-0.2, -0.15) is 6.07 Å². The zero-order chi connectivity index (χ0) is 44.8. The van der Waals surface area contributed by atoms with E-state index in [-0.39, 0.29) is 21.1 Å². The Balaban J connectivity index is 0.00000595. The molecule has 6 nitrogen and oxygen atoms in total. The molecule has 4 aromatic carbocycles.